The Hall–Kier alpha value is -1.12. The third-order valence-corrected chi connectivity index (χ3v) is 3.09. The van der Waals surface area contributed by atoms with Crippen molar-refractivity contribution in [2.24, 2.45) is 5.41 Å². The van der Waals surface area contributed by atoms with Crippen molar-refractivity contribution in [3.8, 4) is 5.75 Å². The van der Waals surface area contributed by atoms with Crippen LogP contribution in [0.4, 0.5) is 8.78 Å². The molecule has 1 fully saturated rings. The van der Waals surface area contributed by atoms with Crippen LogP contribution in [-0.4, -0.2) is 11.0 Å². The van der Waals surface area contributed by atoms with E-state index in [9.17, 15) is 8.78 Å². The summed E-state index contributed by atoms with van der Waals surface area (Å²) in [5, 5.41) is 9.03. The van der Waals surface area contributed by atoms with Gasteiger partial charge >= 0.3 is 0 Å². The molecule has 3 heteroatoms. The summed E-state index contributed by atoms with van der Waals surface area (Å²) < 4.78 is 26.6. The molecular formula is C11H12F2O. The molecule has 0 bridgehead atoms. The van der Waals surface area contributed by atoms with Gasteiger partial charge in [-0.25, -0.2) is 8.78 Å². The smallest absolute Gasteiger partial charge is 0.261 e. The lowest BCUT2D eigenvalue weighted by Crippen LogP contribution is -1.99. The largest absolute Gasteiger partial charge is 0.508 e. The number of hydrogen-bond acceptors (Lipinski definition) is 1. The molecule has 1 aromatic rings. The minimum atomic E-state index is -2.62. The number of aromatic hydroxyl groups is 1. The van der Waals surface area contributed by atoms with Crippen LogP contribution >= 0.6 is 0 Å². The number of halogens is 2. The molecule has 1 nitrogen and oxygen atoms in total. The van der Waals surface area contributed by atoms with Gasteiger partial charge < -0.3 is 5.11 Å². The van der Waals surface area contributed by atoms with Gasteiger partial charge in [-0.05, 0) is 17.7 Å². The molecule has 0 amide bonds. The lowest BCUT2D eigenvalue weighted by Gasteiger charge is -2.00. The van der Waals surface area contributed by atoms with Crippen LogP contribution in [0.25, 0.3) is 0 Å². The van der Waals surface area contributed by atoms with E-state index >= 15 is 0 Å². The highest BCUT2D eigenvalue weighted by atomic mass is 19.3. The van der Waals surface area contributed by atoms with Gasteiger partial charge in [-0.2, -0.15) is 0 Å². The zero-order chi connectivity index (χ0) is 10.6. The van der Waals surface area contributed by atoms with E-state index < -0.39 is 17.3 Å². The fourth-order valence-corrected chi connectivity index (χ4v) is 1.95. The first-order chi connectivity index (χ1) is 6.37. The van der Waals surface area contributed by atoms with Crippen LogP contribution in [0.2, 0.25) is 0 Å². The molecule has 1 aromatic carbocycles. The van der Waals surface area contributed by atoms with E-state index in [4.69, 9.17) is 5.11 Å². The molecule has 1 aliphatic rings. The van der Waals surface area contributed by atoms with Gasteiger partial charge in [-0.3, -0.25) is 0 Å². The number of rotatable bonds is 1. The number of alkyl halides is 2. The second kappa shape index (κ2) is 2.47. The predicted molar refractivity (Wildman–Crippen MR) is 49.6 cm³/mol. The third-order valence-electron chi connectivity index (χ3n) is 3.09. The summed E-state index contributed by atoms with van der Waals surface area (Å²) in [7, 11) is 0. The molecule has 14 heavy (non-hydrogen) atoms. The van der Waals surface area contributed by atoms with Gasteiger partial charge in [-0.1, -0.05) is 26.0 Å². The van der Waals surface area contributed by atoms with Crippen LogP contribution < -0.4 is 0 Å². The molecule has 0 heterocycles. The van der Waals surface area contributed by atoms with Gasteiger partial charge in [0.25, 0.3) is 5.92 Å². The molecule has 1 saturated carbocycles. The highest BCUT2D eigenvalue weighted by Crippen LogP contribution is 2.70. The zero-order valence-electron chi connectivity index (χ0n) is 8.09. The van der Waals surface area contributed by atoms with Gasteiger partial charge in [0.1, 0.15) is 5.75 Å². The van der Waals surface area contributed by atoms with Gasteiger partial charge in [0.05, 0.1) is 5.92 Å². The van der Waals surface area contributed by atoms with Gasteiger partial charge in [0, 0.05) is 5.41 Å². The Morgan fingerprint density at radius 2 is 1.57 bits per heavy atom. The van der Waals surface area contributed by atoms with E-state index in [-0.39, 0.29) is 5.75 Å². The lowest BCUT2D eigenvalue weighted by molar-refractivity contribution is 0.0726. The van der Waals surface area contributed by atoms with Crippen LogP contribution in [-0.2, 0) is 0 Å². The van der Waals surface area contributed by atoms with E-state index in [1.807, 2.05) is 0 Å². The van der Waals surface area contributed by atoms with Gasteiger partial charge in [0.15, 0.2) is 0 Å². The molecule has 0 aromatic heterocycles. The maximum atomic E-state index is 13.3. The molecule has 1 N–H and O–H groups in total. The Bertz CT molecular complexity index is 340. The maximum Gasteiger partial charge on any atom is 0.261 e. The molecule has 0 spiro atoms. The fourth-order valence-electron chi connectivity index (χ4n) is 1.95. The Morgan fingerprint density at radius 3 is 1.93 bits per heavy atom. The van der Waals surface area contributed by atoms with E-state index in [1.165, 1.54) is 12.1 Å². The van der Waals surface area contributed by atoms with E-state index in [0.29, 0.717) is 5.56 Å². The molecule has 1 unspecified atom stereocenters. The van der Waals surface area contributed by atoms with E-state index in [1.54, 1.807) is 26.0 Å². The first kappa shape index (κ1) is 9.44. The Labute approximate surface area is 81.4 Å². The summed E-state index contributed by atoms with van der Waals surface area (Å²) in [5.41, 5.74) is -0.359. The summed E-state index contributed by atoms with van der Waals surface area (Å²) in [5.74, 6) is -3.23. The van der Waals surface area contributed by atoms with Crippen molar-refractivity contribution in [1.29, 1.82) is 0 Å². The van der Waals surface area contributed by atoms with Crippen molar-refractivity contribution >= 4 is 0 Å². The van der Waals surface area contributed by atoms with Crippen LogP contribution in [0.5, 0.6) is 5.75 Å². The van der Waals surface area contributed by atoms with Crippen molar-refractivity contribution in [3.05, 3.63) is 29.8 Å². The zero-order valence-corrected chi connectivity index (χ0v) is 8.09. The predicted octanol–water partition coefficient (Wildman–Crippen LogP) is 3.15. The third kappa shape index (κ3) is 1.04. The number of phenols is 1. The van der Waals surface area contributed by atoms with Crippen molar-refractivity contribution < 1.29 is 13.9 Å². The first-order valence-corrected chi connectivity index (χ1v) is 4.54. The Balaban J connectivity index is 2.32. The molecular weight excluding hydrogens is 186 g/mol. The first-order valence-electron chi connectivity index (χ1n) is 4.54. The van der Waals surface area contributed by atoms with Crippen molar-refractivity contribution in [3.63, 3.8) is 0 Å². The summed E-state index contributed by atoms with van der Waals surface area (Å²) >= 11 is 0. The highest BCUT2D eigenvalue weighted by molar-refractivity contribution is 5.38. The highest BCUT2D eigenvalue weighted by Gasteiger charge is 2.75. The summed E-state index contributed by atoms with van der Waals surface area (Å²) in [6.45, 7) is 3.12. The molecule has 0 saturated heterocycles. The minimum absolute atomic E-state index is 0.107. The maximum absolute atomic E-state index is 13.3. The van der Waals surface area contributed by atoms with Gasteiger partial charge in [-0.15, -0.1) is 0 Å². The number of benzene rings is 1. The molecule has 0 aliphatic heterocycles. The number of phenolic OH excluding ortho intramolecular Hbond substituents is 1. The fraction of sp³-hybridized carbons (Fsp3) is 0.455. The molecule has 1 atom stereocenters. The quantitative estimate of drug-likeness (QED) is 0.734. The Morgan fingerprint density at radius 1 is 1.14 bits per heavy atom. The van der Waals surface area contributed by atoms with Crippen molar-refractivity contribution in [1.82, 2.24) is 0 Å². The molecule has 1 aliphatic carbocycles. The van der Waals surface area contributed by atoms with Crippen molar-refractivity contribution in [2.45, 2.75) is 25.7 Å². The van der Waals surface area contributed by atoms with Crippen LogP contribution in [0.15, 0.2) is 24.3 Å². The van der Waals surface area contributed by atoms with Crippen molar-refractivity contribution in [2.75, 3.05) is 0 Å². The standard InChI is InChI=1S/C11H12F2O/c1-10(2)9(11(10,12)13)7-3-5-8(14)6-4-7/h3-6,9,14H,1-2H3. The van der Waals surface area contributed by atoms with Crippen LogP contribution in [0, 0.1) is 5.41 Å². The van der Waals surface area contributed by atoms with E-state index in [0.717, 1.165) is 0 Å². The summed E-state index contributed by atoms with van der Waals surface area (Å²) in [6, 6.07) is 6.00. The topological polar surface area (TPSA) is 20.2 Å². The number of hydrogen-bond donors (Lipinski definition) is 1. The SMILES string of the molecule is CC1(C)C(c2ccc(O)cc2)C1(F)F. The molecule has 2 rings (SSSR count). The molecule has 76 valence electrons. The average Bonchev–Trinajstić information content (AvgIpc) is 2.46. The summed E-state index contributed by atoms with van der Waals surface area (Å²) in [6.07, 6.45) is 0. The summed E-state index contributed by atoms with van der Waals surface area (Å²) in [4.78, 5) is 0. The van der Waals surface area contributed by atoms with E-state index in [2.05, 4.69) is 0 Å². The monoisotopic (exact) mass is 198 g/mol. The second-order valence-electron chi connectivity index (χ2n) is 4.37. The normalized spacial score (nSPS) is 27.3. The average molecular weight is 198 g/mol. The van der Waals surface area contributed by atoms with Crippen LogP contribution in [0.3, 0.4) is 0 Å². The second-order valence-corrected chi connectivity index (χ2v) is 4.37. The minimum Gasteiger partial charge on any atom is -0.508 e. The molecule has 0 radical (unpaired) electrons. The lowest BCUT2D eigenvalue weighted by atomic mass is 10.0. The van der Waals surface area contributed by atoms with Crippen LogP contribution in [0.1, 0.15) is 25.3 Å². The van der Waals surface area contributed by atoms with Gasteiger partial charge in [0.2, 0.25) is 0 Å². The Kier molecular flexibility index (Phi) is 1.66.